The normalized spacial score (nSPS) is 10.9. The summed E-state index contributed by atoms with van der Waals surface area (Å²) in [6, 6.07) is 0. The van der Waals surface area contributed by atoms with Gasteiger partial charge in [0.05, 0.1) is 12.5 Å². The number of aldehydes is 1. The van der Waals surface area contributed by atoms with E-state index in [9.17, 15) is 4.79 Å². The Morgan fingerprint density at radius 2 is 2.24 bits per heavy atom. The lowest BCUT2D eigenvalue weighted by atomic mass is 10.2. The van der Waals surface area contributed by atoms with Crippen molar-refractivity contribution in [2.75, 3.05) is 0 Å². The third-order valence-corrected chi connectivity index (χ3v) is 1.98. The van der Waals surface area contributed by atoms with Crippen molar-refractivity contribution < 1.29 is 4.79 Å². The molecule has 0 aliphatic rings. The van der Waals surface area contributed by atoms with Crippen LogP contribution in [0.4, 0.5) is 0 Å². The smallest absolute Gasteiger partial charge is 0.168 e. The van der Waals surface area contributed by atoms with Crippen molar-refractivity contribution >= 4 is 6.29 Å². The van der Waals surface area contributed by atoms with Gasteiger partial charge in [-0.25, -0.2) is 4.98 Å². The molecule has 0 atom stereocenters. The molecule has 1 heterocycles. The number of aromatic nitrogens is 2. The lowest BCUT2D eigenvalue weighted by Crippen LogP contribution is -2.02. The Labute approximate surface area is 103 Å². The molecule has 17 heavy (non-hydrogen) atoms. The molecule has 1 aromatic rings. The van der Waals surface area contributed by atoms with E-state index >= 15 is 0 Å². The predicted octanol–water partition coefficient (Wildman–Crippen LogP) is 3.41. The van der Waals surface area contributed by atoms with Crippen molar-refractivity contribution in [2.24, 2.45) is 0 Å². The minimum absolute atomic E-state index is 0.572. The summed E-state index contributed by atoms with van der Waals surface area (Å²) in [5.74, 6) is 0. The summed E-state index contributed by atoms with van der Waals surface area (Å²) >= 11 is 0. The summed E-state index contributed by atoms with van der Waals surface area (Å²) in [4.78, 5) is 14.6. The van der Waals surface area contributed by atoms with Gasteiger partial charge in [0.25, 0.3) is 0 Å². The number of allylic oxidation sites excluding steroid dienone is 5. The molecule has 0 N–H and O–H groups in total. The Morgan fingerprint density at radius 1 is 1.53 bits per heavy atom. The molecule has 0 aliphatic carbocycles. The fraction of sp³-hybridized carbons (Fsp3) is 0.286. The highest BCUT2D eigenvalue weighted by molar-refractivity contribution is 5.71. The number of hydrogen-bond acceptors (Lipinski definition) is 2. The van der Waals surface area contributed by atoms with Gasteiger partial charge in [-0.05, 0) is 12.5 Å². The molecule has 1 rings (SSSR count). The Morgan fingerprint density at radius 3 is 2.76 bits per heavy atom. The topological polar surface area (TPSA) is 34.9 Å². The van der Waals surface area contributed by atoms with Crippen molar-refractivity contribution in [1.82, 2.24) is 9.55 Å². The number of carbonyl (C=O) groups excluding carboxylic acids is 1. The van der Waals surface area contributed by atoms with Crippen LogP contribution < -0.4 is 0 Å². The van der Waals surface area contributed by atoms with Gasteiger partial charge in [0, 0.05) is 6.54 Å². The first-order valence-corrected chi connectivity index (χ1v) is 5.71. The van der Waals surface area contributed by atoms with Crippen LogP contribution in [0.3, 0.4) is 0 Å². The molecular formula is C14H20N2O. The van der Waals surface area contributed by atoms with E-state index in [1.54, 1.807) is 23.2 Å². The largest absolute Gasteiger partial charge is 0.324 e. The maximum absolute atomic E-state index is 10.7. The number of nitrogens with zero attached hydrogens (tertiary/aromatic N) is 2. The average Bonchev–Trinajstić information content (AvgIpc) is 2.84. The summed E-state index contributed by atoms with van der Waals surface area (Å²) in [6.45, 7) is 10.3. The van der Waals surface area contributed by atoms with Crippen LogP contribution in [0.25, 0.3) is 0 Å². The molecule has 0 aliphatic heterocycles. The summed E-state index contributed by atoms with van der Waals surface area (Å²) < 4.78 is 1.78. The van der Waals surface area contributed by atoms with Crippen molar-refractivity contribution in [2.45, 2.75) is 27.3 Å². The van der Waals surface area contributed by atoms with Crippen LogP contribution in [-0.4, -0.2) is 15.8 Å². The average molecular weight is 232 g/mol. The first-order chi connectivity index (χ1) is 8.31. The van der Waals surface area contributed by atoms with Crippen molar-refractivity contribution in [1.29, 1.82) is 0 Å². The van der Waals surface area contributed by atoms with Crippen LogP contribution in [0.15, 0.2) is 49.0 Å². The first-order valence-electron chi connectivity index (χ1n) is 5.71. The molecular weight excluding hydrogens is 212 g/mol. The van der Waals surface area contributed by atoms with E-state index in [1.807, 2.05) is 39.0 Å². The van der Waals surface area contributed by atoms with Crippen LogP contribution in [0.1, 0.15) is 31.3 Å². The van der Waals surface area contributed by atoms with Crippen molar-refractivity contribution in [3.8, 4) is 0 Å². The molecule has 3 heteroatoms. The van der Waals surface area contributed by atoms with Gasteiger partial charge in [0.15, 0.2) is 6.29 Å². The molecule has 0 amide bonds. The third kappa shape index (κ3) is 5.11. The van der Waals surface area contributed by atoms with Gasteiger partial charge < -0.3 is 4.57 Å². The first kappa shape index (κ1) is 15.1. The molecule has 0 saturated heterocycles. The van der Waals surface area contributed by atoms with Gasteiger partial charge in [-0.1, -0.05) is 44.7 Å². The van der Waals surface area contributed by atoms with Crippen LogP contribution in [0, 0.1) is 0 Å². The quantitative estimate of drug-likeness (QED) is 0.576. The van der Waals surface area contributed by atoms with Gasteiger partial charge in [0.2, 0.25) is 0 Å². The molecule has 0 saturated carbocycles. The standard InChI is InChI=1S/C12H14N2O.C2H6/c1-3-5-6-11(4-2)8-14-10-13-7-12(14)9-15;1-2/h3-7,9-10H,2,8H2,1H3;1-2H3/b5-3-,11-6+;. The van der Waals surface area contributed by atoms with E-state index in [0.717, 1.165) is 11.9 Å². The minimum Gasteiger partial charge on any atom is -0.324 e. The van der Waals surface area contributed by atoms with E-state index in [4.69, 9.17) is 0 Å². The van der Waals surface area contributed by atoms with Gasteiger partial charge in [-0.15, -0.1) is 0 Å². The van der Waals surface area contributed by atoms with E-state index in [2.05, 4.69) is 11.6 Å². The molecule has 0 fully saturated rings. The van der Waals surface area contributed by atoms with Gasteiger partial charge in [-0.3, -0.25) is 4.79 Å². The Hall–Kier alpha value is -1.90. The fourth-order valence-electron chi connectivity index (χ4n) is 1.16. The van der Waals surface area contributed by atoms with Crippen LogP contribution >= 0.6 is 0 Å². The van der Waals surface area contributed by atoms with Crippen LogP contribution in [-0.2, 0) is 6.54 Å². The van der Waals surface area contributed by atoms with Gasteiger partial charge in [0.1, 0.15) is 5.69 Å². The molecule has 0 aromatic carbocycles. The summed E-state index contributed by atoms with van der Waals surface area (Å²) in [6.07, 6.45) is 11.6. The zero-order valence-corrected chi connectivity index (χ0v) is 10.8. The molecule has 1 aromatic heterocycles. The summed E-state index contributed by atoms with van der Waals surface area (Å²) in [5, 5.41) is 0. The molecule has 92 valence electrons. The lowest BCUT2D eigenvalue weighted by Gasteiger charge is -2.04. The Bertz CT molecular complexity index is 400. The van der Waals surface area contributed by atoms with Crippen molar-refractivity contribution in [3.63, 3.8) is 0 Å². The van der Waals surface area contributed by atoms with E-state index in [-0.39, 0.29) is 0 Å². The predicted molar refractivity (Wildman–Crippen MR) is 72.1 cm³/mol. The number of rotatable bonds is 5. The fourth-order valence-corrected chi connectivity index (χ4v) is 1.16. The summed E-state index contributed by atoms with van der Waals surface area (Å²) in [5.41, 5.74) is 1.61. The zero-order chi connectivity index (χ0) is 13.1. The number of imidazole rings is 1. The molecule has 0 unspecified atom stereocenters. The van der Waals surface area contributed by atoms with Crippen LogP contribution in [0.5, 0.6) is 0 Å². The second kappa shape index (κ2) is 9.33. The van der Waals surface area contributed by atoms with Crippen molar-refractivity contribution in [3.05, 3.63) is 54.7 Å². The molecule has 0 radical (unpaired) electrons. The van der Waals surface area contributed by atoms with Crippen LogP contribution in [0.2, 0.25) is 0 Å². The Balaban J connectivity index is 0.00000121. The Kier molecular flexibility index (Phi) is 8.29. The monoisotopic (exact) mass is 232 g/mol. The number of hydrogen-bond donors (Lipinski definition) is 0. The van der Waals surface area contributed by atoms with Gasteiger partial charge in [-0.2, -0.15) is 0 Å². The highest BCUT2D eigenvalue weighted by atomic mass is 16.1. The maximum Gasteiger partial charge on any atom is 0.168 e. The van der Waals surface area contributed by atoms with E-state index in [1.165, 1.54) is 0 Å². The molecule has 0 bridgehead atoms. The second-order valence-corrected chi connectivity index (χ2v) is 3.04. The zero-order valence-electron chi connectivity index (χ0n) is 10.8. The molecule has 3 nitrogen and oxygen atoms in total. The lowest BCUT2D eigenvalue weighted by molar-refractivity contribution is 0.111. The number of carbonyl (C=O) groups is 1. The SMILES string of the molecule is C=C/C(=C\C=C/C)Cn1cncc1C=O.CC. The molecule has 0 spiro atoms. The van der Waals surface area contributed by atoms with Gasteiger partial charge >= 0.3 is 0 Å². The third-order valence-electron chi connectivity index (χ3n) is 1.98. The minimum atomic E-state index is 0.572. The highest BCUT2D eigenvalue weighted by Gasteiger charge is 2.00. The highest BCUT2D eigenvalue weighted by Crippen LogP contribution is 2.04. The van der Waals surface area contributed by atoms with E-state index in [0.29, 0.717) is 12.2 Å². The summed E-state index contributed by atoms with van der Waals surface area (Å²) in [7, 11) is 0. The maximum atomic E-state index is 10.7. The van der Waals surface area contributed by atoms with E-state index < -0.39 is 0 Å². The second-order valence-electron chi connectivity index (χ2n) is 3.04.